The van der Waals surface area contributed by atoms with Gasteiger partial charge in [-0.05, 0) is 0 Å². The van der Waals surface area contributed by atoms with Crippen LogP contribution in [0.25, 0.3) is 5.65 Å². The lowest BCUT2D eigenvalue weighted by molar-refractivity contribution is 0.410. The fourth-order valence-electron chi connectivity index (χ4n) is 1.72. The van der Waals surface area contributed by atoms with Crippen molar-refractivity contribution >= 4 is 17.3 Å². The number of hydrogen-bond donors (Lipinski definition) is 3. The number of anilines is 2. The summed E-state index contributed by atoms with van der Waals surface area (Å²) in [6.07, 6.45) is 7.21. The molecule has 0 fully saturated rings. The number of aromatic nitrogens is 5. The van der Waals surface area contributed by atoms with E-state index in [-0.39, 0.29) is 0 Å². The predicted octanol–water partition coefficient (Wildman–Crippen LogP) is 0.0525. The largest absolute Gasteiger partial charge is 0.366 e. The van der Waals surface area contributed by atoms with Crippen molar-refractivity contribution in [1.82, 2.24) is 24.5 Å². The number of nitrogen functional groups attached to an aromatic ring is 1. The number of nitrogens with two attached hydrogens (primary N) is 1. The molecule has 3 aromatic rings. The maximum Gasteiger partial charge on any atom is 0.213 e. The van der Waals surface area contributed by atoms with E-state index in [0.717, 1.165) is 5.65 Å². The molecule has 0 atom stereocenters. The van der Waals surface area contributed by atoms with Crippen LogP contribution in [0.1, 0.15) is 5.82 Å². The van der Waals surface area contributed by atoms with E-state index in [9.17, 15) is 0 Å². The van der Waals surface area contributed by atoms with E-state index in [0.29, 0.717) is 30.4 Å². The summed E-state index contributed by atoms with van der Waals surface area (Å²) in [6, 6.07) is 0. The molecule has 9 heteroatoms. The second kappa shape index (κ2) is 4.90. The zero-order valence-electron chi connectivity index (χ0n) is 9.95. The van der Waals surface area contributed by atoms with E-state index in [4.69, 9.17) is 5.84 Å². The molecule has 0 unspecified atom stereocenters. The molecular weight excluding hydrogens is 248 g/mol. The van der Waals surface area contributed by atoms with Gasteiger partial charge >= 0.3 is 0 Å². The lowest BCUT2D eigenvalue weighted by Gasteiger charge is -2.08. The lowest BCUT2D eigenvalue weighted by Crippen LogP contribution is -2.13. The number of nitrogens with zero attached hydrogens (tertiary/aromatic N) is 5. The highest BCUT2D eigenvalue weighted by Crippen LogP contribution is 2.15. The summed E-state index contributed by atoms with van der Waals surface area (Å²) < 4.78 is 6.50. The minimum atomic E-state index is 0.549. The Morgan fingerprint density at radius 1 is 1.37 bits per heavy atom. The van der Waals surface area contributed by atoms with Crippen molar-refractivity contribution in [2.75, 3.05) is 17.3 Å². The van der Waals surface area contributed by atoms with Gasteiger partial charge < -0.3 is 19.7 Å². The molecule has 0 aliphatic rings. The Balaban J connectivity index is 1.77. The van der Waals surface area contributed by atoms with Gasteiger partial charge in [0.1, 0.15) is 0 Å². The Hall–Kier alpha value is -2.68. The molecule has 3 heterocycles. The maximum atomic E-state index is 5.38. The SMILES string of the molecule is NNc1cn2ccnc2c(NCCc2ncon2)n1. The first-order valence-corrected chi connectivity index (χ1v) is 5.66. The normalized spacial score (nSPS) is 10.8. The summed E-state index contributed by atoms with van der Waals surface area (Å²) >= 11 is 0. The molecule has 3 rings (SSSR count). The van der Waals surface area contributed by atoms with Crippen LogP contribution in [0.4, 0.5) is 11.6 Å². The summed E-state index contributed by atoms with van der Waals surface area (Å²) in [5.41, 5.74) is 3.24. The highest BCUT2D eigenvalue weighted by Gasteiger charge is 2.07. The Labute approximate surface area is 107 Å². The van der Waals surface area contributed by atoms with Gasteiger partial charge in [0.15, 0.2) is 23.1 Å². The quantitative estimate of drug-likeness (QED) is 0.435. The molecule has 0 aromatic carbocycles. The molecule has 0 radical (unpaired) electrons. The van der Waals surface area contributed by atoms with Crippen LogP contribution >= 0.6 is 0 Å². The van der Waals surface area contributed by atoms with E-state index in [1.165, 1.54) is 6.39 Å². The first-order valence-electron chi connectivity index (χ1n) is 5.66. The molecule has 0 aliphatic heterocycles. The van der Waals surface area contributed by atoms with E-state index in [2.05, 4.69) is 35.4 Å². The molecule has 19 heavy (non-hydrogen) atoms. The lowest BCUT2D eigenvalue weighted by atomic mass is 10.4. The minimum absolute atomic E-state index is 0.549. The molecule has 0 saturated carbocycles. The Morgan fingerprint density at radius 3 is 3.11 bits per heavy atom. The van der Waals surface area contributed by atoms with Crippen molar-refractivity contribution in [3.05, 3.63) is 30.8 Å². The standard InChI is InChI=1S/C10H12N8O/c11-16-8-5-18-4-3-13-10(18)9(15-8)12-2-1-7-14-6-19-17-7/h3-6,16H,1-2,11H2,(H,12,15). The number of hydrazine groups is 1. The number of imidazole rings is 1. The Bertz CT molecular complexity index is 661. The summed E-state index contributed by atoms with van der Waals surface area (Å²) in [5.74, 6) is 7.21. The fraction of sp³-hybridized carbons (Fsp3) is 0.200. The molecule has 0 spiro atoms. The van der Waals surface area contributed by atoms with Crippen LogP contribution in [0.3, 0.4) is 0 Å². The van der Waals surface area contributed by atoms with Crippen molar-refractivity contribution in [3.8, 4) is 0 Å². The highest BCUT2D eigenvalue weighted by molar-refractivity contribution is 5.65. The van der Waals surface area contributed by atoms with Gasteiger partial charge in [-0.15, -0.1) is 0 Å². The van der Waals surface area contributed by atoms with Gasteiger partial charge in [0.25, 0.3) is 0 Å². The third-order valence-electron chi connectivity index (χ3n) is 2.57. The summed E-state index contributed by atoms with van der Waals surface area (Å²) in [4.78, 5) is 12.5. The van der Waals surface area contributed by atoms with E-state index in [1.807, 2.05) is 10.6 Å². The molecule has 9 nitrogen and oxygen atoms in total. The number of hydrogen-bond acceptors (Lipinski definition) is 8. The van der Waals surface area contributed by atoms with Crippen LogP contribution in [0, 0.1) is 0 Å². The second-order valence-corrected chi connectivity index (χ2v) is 3.80. The van der Waals surface area contributed by atoms with Crippen molar-refractivity contribution < 1.29 is 4.52 Å². The Kier molecular flexibility index (Phi) is 2.94. The van der Waals surface area contributed by atoms with Gasteiger partial charge in [-0.25, -0.2) is 15.8 Å². The van der Waals surface area contributed by atoms with Crippen molar-refractivity contribution in [2.45, 2.75) is 6.42 Å². The van der Waals surface area contributed by atoms with E-state index in [1.54, 1.807) is 12.4 Å². The highest BCUT2D eigenvalue weighted by atomic mass is 16.5. The van der Waals surface area contributed by atoms with Crippen LogP contribution in [0.15, 0.2) is 29.5 Å². The van der Waals surface area contributed by atoms with Gasteiger partial charge in [0.2, 0.25) is 6.39 Å². The molecule has 0 saturated heterocycles. The number of nitrogens with one attached hydrogen (secondary N) is 2. The number of fused-ring (bicyclic) bond motifs is 1. The molecular formula is C10H12N8O. The van der Waals surface area contributed by atoms with Crippen LogP contribution < -0.4 is 16.6 Å². The van der Waals surface area contributed by atoms with Crippen molar-refractivity contribution in [2.24, 2.45) is 5.84 Å². The topological polar surface area (TPSA) is 119 Å². The smallest absolute Gasteiger partial charge is 0.213 e. The van der Waals surface area contributed by atoms with E-state index >= 15 is 0 Å². The zero-order valence-corrected chi connectivity index (χ0v) is 9.95. The molecule has 4 N–H and O–H groups in total. The molecule has 3 aromatic heterocycles. The molecule has 98 valence electrons. The van der Waals surface area contributed by atoms with Crippen molar-refractivity contribution in [1.29, 1.82) is 0 Å². The minimum Gasteiger partial charge on any atom is -0.366 e. The van der Waals surface area contributed by atoms with Crippen LogP contribution in [0.5, 0.6) is 0 Å². The average Bonchev–Trinajstić information content (AvgIpc) is 3.08. The first kappa shape index (κ1) is 11.4. The monoisotopic (exact) mass is 260 g/mol. The first-order chi connectivity index (χ1) is 9.36. The zero-order chi connectivity index (χ0) is 13.1. The van der Waals surface area contributed by atoms with Gasteiger partial charge in [0.05, 0.1) is 6.20 Å². The van der Waals surface area contributed by atoms with Crippen LogP contribution in [0.2, 0.25) is 0 Å². The Morgan fingerprint density at radius 2 is 2.32 bits per heavy atom. The van der Waals surface area contributed by atoms with Gasteiger partial charge in [0, 0.05) is 25.4 Å². The predicted molar refractivity (Wildman–Crippen MR) is 67.3 cm³/mol. The second-order valence-electron chi connectivity index (χ2n) is 3.80. The van der Waals surface area contributed by atoms with Crippen molar-refractivity contribution in [3.63, 3.8) is 0 Å². The maximum absolute atomic E-state index is 5.38. The third kappa shape index (κ3) is 2.31. The van der Waals surface area contributed by atoms with E-state index < -0.39 is 0 Å². The molecule has 0 bridgehead atoms. The summed E-state index contributed by atoms with van der Waals surface area (Å²) in [5, 5.41) is 6.91. The van der Waals surface area contributed by atoms with Gasteiger partial charge in [-0.2, -0.15) is 4.98 Å². The third-order valence-corrected chi connectivity index (χ3v) is 2.57. The summed E-state index contributed by atoms with van der Waals surface area (Å²) in [7, 11) is 0. The molecule has 0 aliphatic carbocycles. The van der Waals surface area contributed by atoms with Gasteiger partial charge in [-0.3, -0.25) is 0 Å². The summed E-state index contributed by atoms with van der Waals surface area (Å²) in [6.45, 7) is 0.614. The van der Waals surface area contributed by atoms with Crippen LogP contribution in [-0.4, -0.2) is 31.1 Å². The fourth-order valence-corrected chi connectivity index (χ4v) is 1.72. The van der Waals surface area contributed by atoms with Gasteiger partial charge in [-0.1, -0.05) is 5.16 Å². The average molecular weight is 260 g/mol. The van der Waals surface area contributed by atoms with Crippen LogP contribution in [-0.2, 0) is 6.42 Å². The molecule has 0 amide bonds. The number of rotatable bonds is 5.